The molecule has 66 valence electrons. The van der Waals surface area contributed by atoms with Gasteiger partial charge in [0.15, 0.2) is 0 Å². The minimum Gasteiger partial charge on any atom is -0.391 e. The third-order valence-electron chi connectivity index (χ3n) is 1.98. The summed E-state index contributed by atoms with van der Waals surface area (Å²) in [5.74, 6) is -0.409. The van der Waals surface area contributed by atoms with Crippen molar-refractivity contribution >= 4 is 10.9 Å². The fraction of sp³-hybridized carbons (Fsp3) is 0.100. The van der Waals surface area contributed by atoms with Crippen LogP contribution in [0.4, 0.5) is 4.39 Å². The zero-order chi connectivity index (χ0) is 9.26. The van der Waals surface area contributed by atoms with Gasteiger partial charge >= 0.3 is 0 Å². The molecule has 0 unspecified atom stereocenters. The van der Waals surface area contributed by atoms with E-state index in [1.165, 1.54) is 6.07 Å². The third-order valence-corrected chi connectivity index (χ3v) is 1.98. The molecular weight excluding hydrogens is 169 g/mol. The van der Waals surface area contributed by atoms with Crippen LogP contribution in [0.2, 0.25) is 0 Å². The second kappa shape index (κ2) is 3.11. The molecule has 0 aliphatic carbocycles. The van der Waals surface area contributed by atoms with Gasteiger partial charge in [-0.25, -0.2) is 4.39 Å². The van der Waals surface area contributed by atoms with Crippen LogP contribution in [0.3, 0.4) is 0 Å². The van der Waals surface area contributed by atoms with Gasteiger partial charge in [0.1, 0.15) is 5.82 Å². The quantitative estimate of drug-likeness (QED) is 0.721. The van der Waals surface area contributed by atoms with Gasteiger partial charge in [-0.3, -0.25) is 4.98 Å². The molecule has 1 aromatic carbocycles. The lowest BCUT2D eigenvalue weighted by Gasteiger charge is -2.02. The van der Waals surface area contributed by atoms with E-state index in [0.717, 1.165) is 5.39 Å². The SMILES string of the molecule is OCc1c(F)ccc2cccnc12. The monoisotopic (exact) mass is 177 g/mol. The summed E-state index contributed by atoms with van der Waals surface area (Å²) in [6, 6.07) is 6.61. The van der Waals surface area contributed by atoms with Crippen LogP contribution in [0.5, 0.6) is 0 Å². The Bertz CT molecular complexity index is 442. The maximum absolute atomic E-state index is 13.1. The van der Waals surface area contributed by atoms with E-state index in [9.17, 15) is 4.39 Å². The van der Waals surface area contributed by atoms with Crippen LogP contribution in [-0.2, 0) is 6.61 Å². The highest BCUT2D eigenvalue weighted by atomic mass is 19.1. The van der Waals surface area contributed by atoms with Crippen molar-refractivity contribution in [3.8, 4) is 0 Å². The molecule has 0 atom stereocenters. The van der Waals surface area contributed by atoms with Crippen molar-refractivity contribution < 1.29 is 9.50 Å². The summed E-state index contributed by atoms with van der Waals surface area (Å²) in [7, 11) is 0. The Balaban J connectivity index is 2.84. The lowest BCUT2D eigenvalue weighted by Crippen LogP contribution is -1.93. The standard InChI is InChI=1S/C10H8FNO/c11-9-4-3-7-2-1-5-12-10(7)8(9)6-13/h1-5,13H,6H2. The molecular formula is C10H8FNO. The van der Waals surface area contributed by atoms with E-state index in [-0.39, 0.29) is 12.2 Å². The van der Waals surface area contributed by atoms with E-state index in [2.05, 4.69) is 4.98 Å². The number of benzene rings is 1. The number of aliphatic hydroxyl groups excluding tert-OH is 1. The summed E-state index contributed by atoms with van der Waals surface area (Å²) in [6.07, 6.45) is 1.58. The first kappa shape index (κ1) is 8.13. The predicted octanol–water partition coefficient (Wildman–Crippen LogP) is 1.87. The molecule has 1 aromatic heterocycles. The minimum absolute atomic E-state index is 0.262. The molecule has 3 heteroatoms. The Morgan fingerprint density at radius 2 is 2.15 bits per heavy atom. The highest BCUT2D eigenvalue weighted by molar-refractivity contribution is 5.81. The normalized spacial score (nSPS) is 10.6. The van der Waals surface area contributed by atoms with Crippen molar-refractivity contribution in [1.82, 2.24) is 4.98 Å². The van der Waals surface area contributed by atoms with Crippen molar-refractivity contribution in [2.24, 2.45) is 0 Å². The first-order valence-electron chi connectivity index (χ1n) is 3.96. The van der Waals surface area contributed by atoms with Crippen LogP contribution >= 0.6 is 0 Å². The zero-order valence-corrected chi connectivity index (χ0v) is 6.87. The highest BCUT2D eigenvalue weighted by Gasteiger charge is 2.06. The largest absolute Gasteiger partial charge is 0.391 e. The smallest absolute Gasteiger partial charge is 0.130 e. The third kappa shape index (κ3) is 1.27. The molecule has 0 amide bonds. The molecule has 0 bridgehead atoms. The maximum atomic E-state index is 13.1. The topological polar surface area (TPSA) is 33.1 Å². The number of pyridine rings is 1. The molecule has 2 rings (SSSR count). The van der Waals surface area contributed by atoms with Gasteiger partial charge in [-0.15, -0.1) is 0 Å². The Hall–Kier alpha value is -1.48. The fourth-order valence-corrected chi connectivity index (χ4v) is 1.33. The highest BCUT2D eigenvalue weighted by Crippen LogP contribution is 2.18. The Morgan fingerprint density at radius 1 is 1.31 bits per heavy atom. The molecule has 0 aliphatic rings. The summed E-state index contributed by atoms with van der Waals surface area (Å²) < 4.78 is 13.1. The van der Waals surface area contributed by atoms with Crippen LogP contribution in [0.15, 0.2) is 30.5 Å². The maximum Gasteiger partial charge on any atom is 0.130 e. The van der Waals surface area contributed by atoms with Crippen LogP contribution in [0, 0.1) is 5.82 Å². The number of hydrogen-bond donors (Lipinski definition) is 1. The number of rotatable bonds is 1. The van der Waals surface area contributed by atoms with Crippen LogP contribution in [-0.4, -0.2) is 10.1 Å². The summed E-state index contributed by atoms with van der Waals surface area (Å²) in [5.41, 5.74) is 0.795. The van der Waals surface area contributed by atoms with Crippen molar-refractivity contribution in [3.05, 3.63) is 41.8 Å². The van der Waals surface area contributed by atoms with Crippen LogP contribution in [0.25, 0.3) is 10.9 Å². The van der Waals surface area contributed by atoms with Gasteiger partial charge in [-0.2, -0.15) is 0 Å². The summed E-state index contributed by atoms with van der Waals surface area (Å²) in [4.78, 5) is 4.01. The number of aliphatic hydroxyl groups is 1. The van der Waals surface area contributed by atoms with Crippen molar-refractivity contribution in [2.75, 3.05) is 0 Å². The van der Waals surface area contributed by atoms with Gasteiger partial charge in [0.2, 0.25) is 0 Å². The number of fused-ring (bicyclic) bond motifs is 1. The molecule has 0 fully saturated rings. The predicted molar refractivity (Wildman–Crippen MR) is 47.6 cm³/mol. The Kier molecular flexibility index (Phi) is 1.94. The summed E-state index contributed by atoms with van der Waals surface area (Å²) >= 11 is 0. The molecule has 1 N–H and O–H groups in total. The lowest BCUT2D eigenvalue weighted by atomic mass is 10.1. The molecule has 0 saturated carbocycles. The van der Waals surface area contributed by atoms with Crippen LogP contribution in [0.1, 0.15) is 5.56 Å². The van der Waals surface area contributed by atoms with E-state index >= 15 is 0 Å². The van der Waals surface area contributed by atoms with Crippen LogP contribution < -0.4 is 0 Å². The molecule has 0 radical (unpaired) electrons. The molecule has 2 nitrogen and oxygen atoms in total. The van der Waals surface area contributed by atoms with Gasteiger partial charge in [0.05, 0.1) is 12.1 Å². The molecule has 0 saturated heterocycles. The van der Waals surface area contributed by atoms with Gasteiger partial charge in [-0.1, -0.05) is 6.07 Å². The number of aromatic nitrogens is 1. The minimum atomic E-state index is -0.409. The van der Waals surface area contributed by atoms with Crippen molar-refractivity contribution in [3.63, 3.8) is 0 Å². The zero-order valence-electron chi connectivity index (χ0n) is 6.87. The van der Waals surface area contributed by atoms with Gasteiger partial charge in [-0.05, 0) is 18.2 Å². The van der Waals surface area contributed by atoms with Gasteiger partial charge in [0.25, 0.3) is 0 Å². The van der Waals surface area contributed by atoms with E-state index in [1.54, 1.807) is 18.3 Å². The van der Waals surface area contributed by atoms with Crippen molar-refractivity contribution in [2.45, 2.75) is 6.61 Å². The Morgan fingerprint density at radius 3 is 2.92 bits per heavy atom. The molecule has 0 spiro atoms. The molecule has 1 heterocycles. The summed E-state index contributed by atoms with van der Waals surface area (Å²) in [5, 5.41) is 9.78. The lowest BCUT2D eigenvalue weighted by molar-refractivity contribution is 0.277. The van der Waals surface area contributed by atoms with E-state index < -0.39 is 5.82 Å². The van der Waals surface area contributed by atoms with Gasteiger partial charge < -0.3 is 5.11 Å². The van der Waals surface area contributed by atoms with E-state index in [0.29, 0.717) is 5.52 Å². The fourth-order valence-electron chi connectivity index (χ4n) is 1.33. The average molecular weight is 177 g/mol. The number of hydrogen-bond acceptors (Lipinski definition) is 2. The number of nitrogens with zero attached hydrogens (tertiary/aromatic N) is 1. The van der Waals surface area contributed by atoms with Crippen molar-refractivity contribution in [1.29, 1.82) is 0 Å². The first-order chi connectivity index (χ1) is 6.33. The van der Waals surface area contributed by atoms with E-state index in [4.69, 9.17) is 5.11 Å². The second-order valence-electron chi connectivity index (χ2n) is 2.76. The average Bonchev–Trinajstić information content (AvgIpc) is 2.18. The molecule has 0 aliphatic heterocycles. The summed E-state index contributed by atoms with van der Waals surface area (Å²) in [6.45, 7) is -0.319. The molecule has 2 aromatic rings. The van der Waals surface area contributed by atoms with Gasteiger partial charge in [0, 0.05) is 17.1 Å². The number of halogens is 1. The first-order valence-corrected chi connectivity index (χ1v) is 3.96. The molecule has 13 heavy (non-hydrogen) atoms. The van der Waals surface area contributed by atoms with E-state index in [1.807, 2.05) is 6.07 Å². The second-order valence-corrected chi connectivity index (χ2v) is 2.76. The Labute approximate surface area is 74.7 Å².